The van der Waals surface area contributed by atoms with Crippen LogP contribution in [0.2, 0.25) is 0 Å². The van der Waals surface area contributed by atoms with E-state index in [1.807, 2.05) is 0 Å². The zero-order valence-corrected chi connectivity index (χ0v) is 10.4. The van der Waals surface area contributed by atoms with Crippen LogP contribution >= 0.6 is 0 Å². The number of likely N-dealkylation sites (tertiary alicyclic amines) is 1. The van der Waals surface area contributed by atoms with E-state index in [0.717, 1.165) is 12.8 Å². The molecule has 0 unspecified atom stereocenters. The number of carboxylic acid groups (broad SMARTS) is 1. The largest absolute Gasteiger partial charge is 0.481 e. The van der Waals surface area contributed by atoms with Gasteiger partial charge in [0.15, 0.2) is 0 Å². The van der Waals surface area contributed by atoms with E-state index in [1.165, 1.54) is 32.4 Å². The minimum Gasteiger partial charge on any atom is -0.481 e. The van der Waals surface area contributed by atoms with Gasteiger partial charge in [-0.25, -0.2) is 0 Å². The molecule has 0 radical (unpaired) electrons. The lowest BCUT2D eigenvalue weighted by atomic mass is 9.74. The second kappa shape index (κ2) is 4.36. The molecule has 1 heterocycles. The summed E-state index contributed by atoms with van der Waals surface area (Å²) in [6.07, 6.45) is 5.56. The molecule has 0 bridgehead atoms. The van der Waals surface area contributed by atoms with E-state index in [4.69, 9.17) is 5.11 Å². The van der Waals surface area contributed by atoms with Gasteiger partial charge in [-0.05, 0) is 44.2 Å². The molecule has 0 aromatic rings. The number of hydrogen-bond acceptors (Lipinski definition) is 2. The van der Waals surface area contributed by atoms with Crippen LogP contribution in [0.15, 0.2) is 0 Å². The molecule has 92 valence electrons. The third-order valence-corrected chi connectivity index (χ3v) is 4.84. The minimum absolute atomic E-state index is 0.0653. The third kappa shape index (κ3) is 2.24. The Hall–Kier alpha value is -0.570. The molecule has 2 aliphatic rings. The Kier molecular flexibility index (Phi) is 3.24. The summed E-state index contributed by atoms with van der Waals surface area (Å²) in [5, 5.41) is 8.85. The Morgan fingerprint density at radius 3 is 2.38 bits per heavy atom. The van der Waals surface area contributed by atoms with Crippen molar-refractivity contribution in [1.29, 1.82) is 0 Å². The summed E-state index contributed by atoms with van der Waals surface area (Å²) in [6.45, 7) is 6.99. The molecule has 0 amide bonds. The fourth-order valence-electron chi connectivity index (χ4n) is 2.87. The highest BCUT2D eigenvalue weighted by Crippen LogP contribution is 2.39. The van der Waals surface area contributed by atoms with Gasteiger partial charge in [-0.15, -0.1) is 0 Å². The molecule has 1 saturated carbocycles. The summed E-state index contributed by atoms with van der Waals surface area (Å²) in [5.74, 6) is -0.670. The maximum Gasteiger partial charge on any atom is 0.306 e. The molecule has 3 nitrogen and oxygen atoms in total. The van der Waals surface area contributed by atoms with Crippen LogP contribution in [0.1, 0.15) is 46.0 Å². The summed E-state index contributed by atoms with van der Waals surface area (Å²) in [6, 6.07) is 0.558. The fraction of sp³-hybridized carbons (Fsp3) is 0.923. The number of carbonyl (C=O) groups is 1. The lowest BCUT2D eigenvalue weighted by molar-refractivity contribution is -0.147. The monoisotopic (exact) mass is 225 g/mol. The SMILES string of the molecule is CCC1(C)CCN(C2CC(C(=O)O)C2)CC1. The molecule has 0 atom stereocenters. The van der Waals surface area contributed by atoms with Crippen LogP contribution in [-0.4, -0.2) is 35.1 Å². The van der Waals surface area contributed by atoms with Crippen LogP contribution in [0.3, 0.4) is 0 Å². The predicted octanol–water partition coefficient (Wildman–Crippen LogP) is 2.36. The summed E-state index contributed by atoms with van der Waals surface area (Å²) in [7, 11) is 0. The molecule has 0 aromatic heterocycles. The number of carboxylic acids is 1. The Morgan fingerprint density at radius 1 is 1.38 bits per heavy atom. The highest BCUT2D eigenvalue weighted by Gasteiger charge is 2.40. The van der Waals surface area contributed by atoms with Crippen LogP contribution in [0.4, 0.5) is 0 Å². The first-order chi connectivity index (χ1) is 7.54. The maximum atomic E-state index is 10.7. The van der Waals surface area contributed by atoms with Gasteiger partial charge in [0.05, 0.1) is 5.92 Å². The number of piperidine rings is 1. The van der Waals surface area contributed by atoms with E-state index in [1.54, 1.807) is 0 Å². The van der Waals surface area contributed by atoms with Gasteiger partial charge in [0.1, 0.15) is 0 Å². The van der Waals surface area contributed by atoms with Crippen LogP contribution in [0.25, 0.3) is 0 Å². The molecule has 16 heavy (non-hydrogen) atoms. The van der Waals surface area contributed by atoms with Crippen LogP contribution in [-0.2, 0) is 4.79 Å². The van der Waals surface area contributed by atoms with E-state index < -0.39 is 5.97 Å². The fourth-order valence-corrected chi connectivity index (χ4v) is 2.87. The zero-order valence-electron chi connectivity index (χ0n) is 10.4. The first kappa shape index (κ1) is 11.9. The van der Waals surface area contributed by atoms with Crippen molar-refractivity contribution in [3.05, 3.63) is 0 Å². The van der Waals surface area contributed by atoms with E-state index in [0.29, 0.717) is 11.5 Å². The Balaban J connectivity index is 1.77. The molecular weight excluding hydrogens is 202 g/mol. The van der Waals surface area contributed by atoms with Crippen molar-refractivity contribution in [3.63, 3.8) is 0 Å². The van der Waals surface area contributed by atoms with Gasteiger partial charge in [0, 0.05) is 6.04 Å². The van der Waals surface area contributed by atoms with E-state index in [9.17, 15) is 4.79 Å². The Bertz CT molecular complexity index is 263. The number of aliphatic carboxylic acids is 1. The van der Waals surface area contributed by atoms with E-state index in [2.05, 4.69) is 18.7 Å². The van der Waals surface area contributed by atoms with Gasteiger partial charge >= 0.3 is 5.97 Å². The average Bonchev–Trinajstić information content (AvgIpc) is 2.18. The van der Waals surface area contributed by atoms with Crippen molar-refractivity contribution in [2.45, 2.75) is 52.0 Å². The predicted molar refractivity (Wildman–Crippen MR) is 63.4 cm³/mol. The van der Waals surface area contributed by atoms with E-state index >= 15 is 0 Å². The summed E-state index contributed by atoms with van der Waals surface area (Å²) < 4.78 is 0. The minimum atomic E-state index is -0.605. The maximum absolute atomic E-state index is 10.7. The zero-order chi connectivity index (χ0) is 11.8. The Labute approximate surface area is 97.8 Å². The van der Waals surface area contributed by atoms with Crippen LogP contribution < -0.4 is 0 Å². The topological polar surface area (TPSA) is 40.5 Å². The van der Waals surface area contributed by atoms with Crippen molar-refractivity contribution < 1.29 is 9.90 Å². The number of hydrogen-bond donors (Lipinski definition) is 1. The molecule has 2 fully saturated rings. The Morgan fingerprint density at radius 2 is 1.94 bits per heavy atom. The van der Waals surface area contributed by atoms with Gasteiger partial charge in [0.2, 0.25) is 0 Å². The normalized spacial score (nSPS) is 34.4. The molecule has 3 heteroatoms. The molecule has 0 spiro atoms. The summed E-state index contributed by atoms with van der Waals surface area (Å²) in [5.41, 5.74) is 0.534. The van der Waals surface area contributed by atoms with Crippen LogP contribution in [0.5, 0.6) is 0 Å². The highest BCUT2D eigenvalue weighted by atomic mass is 16.4. The summed E-state index contributed by atoms with van der Waals surface area (Å²) >= 11 is 0. The van der Waals surface area contributed by atoms with Crippen LogP contribution in [0, 0.1) is 11.3 Å². The standard InChI is InChI=1S/C13H23NO2/c1-3-13(2)4-6-14(7-5-13)11-8-10(9-11)12(15)16/h10-11H,3-9H2,1-2H3,(H,15,16). The highest BCUT2D eigenvalue weighted by molar-refractivity contribution is 5.71. The second-order valence-corrected chi connectivity index (χ2v) is 5.86. The quantitative estimate of drug-likeness (QED) is 0.801. The summed E-state index contributed by atoms with van der Waals surface area (Å²) in [4.78, 5) is 13.3. The van der Waals surface area contributed by atoms with Gasteiger partial charge < -0.3 is 10.0 Å². The number of nitrogens with zero attached hydrogens (tertiary/aromatic N) is 1. The number of rotatable bonds is 3. The first-order valence-electron chi connectivity index (χ1n) is 6.51. The average molecular weight is 225 g/mol. The molecule has 1 aliphatic carbocycles. The van der Waals surface area contributed by atoms with Crippen molar-refractivity contribution in [2.24, 2.45) is 11.3 Å². The van der Waals surface area contributed by atoms with Gasteiger partial charge in [-0.2, -0.15) is 0 Å². The van der Waals surface area contributed by atoms with Crippen molar-refractivity contribution in [3.8, 4) is 0 Å². The van der Waals surface area contributed by atoms with Crippen molar-refractivity contribution >= 4 is 5.97 Å². The lowest BCUT2D eigenvalue weighted by Crippen LogP contribution is -2.51. The second-order valence-electron chi connectivity index (χ2n) is 5.86. The molecule has 2 rings (SSSR count). The van der Waals surface area contributed by atoms with E-state index in [-0.39, 0.29) is 5.92 Å². The van der Waals surface area contributed by atoms with Gasteiger partial charge in [-0.3, -0.25) is 4.79 Å². The van der Waals surface area contributed by atoms with Gasteiger partial charge in [0.25, 0.3) is 0 Å². The lowest BCUT2D eigenvalue weighted by Gasteiger charge is -2.47. The third-order valence-electron chi connectivity index (χ3n) is 4.84. The van der Waals surface area contributed by atoms with Crippen molar-refractivity contribution in [2.75, 3.05) is 13.1 Å². The molecule has 1 aliphatic heterocycles. The molecular formula is C13H23NO2. The molecule has 1 saturated heterocycles. The van der Waals surface area contributed by atoms with Gasteiger partial charge in [-0.1, -0.05) is 20.3 Å². The van der Waals surface area contributed by atoms with Crippen molar-refractivity contribution in [1.82, 2.24) is 4.90 Å². The molecule has 0 aromatic carbocycles. The smallest absolute Gasteiger partial charge is 0.306 e. The first-order valence-corrected chi connectivity index (χ1v) is 6.51. The molecule has 1 N–H and O–H groups in total.